The van der Waals surface area contributed by atoms with Crippen molar-refractivity contribution in [3.8, 4) is 0 Å². The van der Waals surface area contributed by atoms with E-state index in [-0.39, 0.29) is 11.6 Å². The highest BCUT2D eigenvalue weighted by Gasteiger charge is 2.31. The van der Waals surface area contributed by atoms with Gasteiger partial charge in [-0.3, -0.25) is 9.88 Å². The number of fused-ring (bicyclic) bond motifs is 1. The van der Waals surface area contributed by atoms with Gasteiger partial charge in [0.25, 0.3) is 0 Å². The number of benzene rings is 3. The molecule has 3 aromatic carbocycles. The van der Waals surface area contributed by atoms with Crippen LogP contribution in [0.15, 0.2) is 85.1 Å². The van der Waals surface area contributed by atoms with E-state index in [2.05, 4.69) is 39.0 Å². The van der Waals surface area contributed by atoms with Gasteiger partial charge in [0.1, 0.15) is 17.2 Å². The predicted molar refractivity (Wildman–Crippen MR) is 135 cm³/mol. The van der Waals surface area contributed by atoms with Gasteiger partial charge >= 0.3 is 0 Å². The minimum absolute atomic E-state index is 0.352. The Morgan fingerprint density at radius 1 is 0.771 bits per heavy atom. The number of para-hydroxylation sites is 1. The molecule has 1 saturated heterocycles. The average molecular weight is 474 g/mol. The summed E-state index contributed by atoms with van der Waals surface area (Å²) in [6, 6.07) is 22.2. The zero-order valence-corrected chi connectivity index (χ0v) is 19.6. The molecular formula is C29H29F2N3O. The Morgan fingerprint density at radius 2 is 1.37 bits per heavy atom. The summed E-state index contributed by atoms with van der Waals surface area (Å²) >= 11 is 0. The molecule has 4 aromatic rings. The lowest BCUT2D eigenvalue weighted by molar-refractivity contribution is 0.0643. The molecule has 0 unspecified atom stereocenters. The van der Waals surface area contributed by atoms with Crippen molar-refractivity contribution in [2.45, 2.75) is 18.4 Å². The Morgan fingerprint density at radius 3 is 2.00 bits per heavy atom. The maximum Gasteiger partial charge on any atom is 0.123 e. The highest BCUT2D eigenvalue weighted by atomic mass is 19.1. The van der Waals surface area contributed by atoms with Crippen LogP contribution in [0.5, 0.6) is 0 Å². The number of nitrogens with zero attached hydrogens (tertiary/aromatic N) is 3. The molecule has 6 heteroatoms. The Bertz CT molecular complexity index is 1220. The molecule has 2 heterocycles. The largest absolute Gasteiger partial charge is 0.380 e. The van der Waals surface area contributed by atoms with Crippen molar-refractivity contribution in [2.24, 2.45) is 0 Å². The SMILES string of the molecule is OC(CCCN1CCN(c2cccc3cccnc23)CC1)(c1ccc(F)cc1)c1ccc(F)cc1. The monoisotopic (exact) mass is 473 g/mol. The number of anilines is 1. The molecule has 0 atom stereocenters. The van der Waals surface area contributed by atoms with Crippen LogP contribution >= 0.6 is 0 Å². The molecule has 5 rings (SSSR count). The van der Waals surface area contributed by atoms with Gasteiger partial charge in [-0.1, -0.05) is 42.5 Å². The highest BCUT2D eigenvalue weighted by molar-refractivity contribution is 5.90. The van der Waals surface area contributed by atoms with E-state index >= 15 is 0 Å². The molecule has 35 heavy (non-hydrogen) atoms. The van der Waals surface area contributed by atoms with Crippen molar-refractivity contribution in [1.82, 2.24) is 9.88 Å². The van der Waals surface area contributed by atoms with Gasteiger partial charge in [-0.05, 0) is 66.9 Å². The van der Waals surface area contributed by atoms with Gasteiger partial charge in [0, 0.05) is 37.8 Å². The summed E-state index contributed by atoms with van der Waals surface area (Å²) in [7, 11) is 0. The number of pyridine rings is 1. The molecule has 4 nitrogen and oxygen atoms in total. The van der Waals surface area contributed by atoms with Gasteiger partial charge in [0.15, 0.2) is 0 Å². The summed E-state index contributed by atoms with van der Waals surface area (Å²) in [5, 5.41) is 12.8. The van der Waals surface area contributed by atoms with Crippen LogP contribution in [0.3, 0.4) is 0 Å². The first-order chi connectivity index (χ1) is 17.0. The summed E-state index contributed by atoms with van der Waals surface area (Å²) < 4.78 is 27.0. The Balaban J connectivity index is 1.23. The number of piperazine rings is 1. The van der Waals surface area contributed by atoms with Crippen molar-refractivity contribution in [1.29, 1.82) is 0 Å². The first-order valence-electron chi connectivity index (χ1n) is 12.1. The van der Waals surface area contributed by atoms with E-state index in [1.807, 2.05) is 12.3 Å². The zero-order chi connectivity index (χ0) is 24.3. The van der Waals surface area contributed by atoms with Crippen LogP contribution in [-0.4, -0.2) is 47.7 Å². The van der Waals surface area contributed by atoms with Crippen LogP contribution in [0.4, 0.5) is 14.5 Å². The van der Waals surface area contributed by atoms with Crippen LogP contribution < -0.4 is 4.90 Å². The summed E-state index contributed by atoms with van der Waals surface area (Å²) in [6.07, 6.45) is 3.05. The van der Waals surface area contributed by atoms with Crippen LogP contribution in [0.1, 0.15) is 24.0 Å². The van der Waals surface area contributed by atoms with E-state index in [0.29, 0.717) is 17.5 Å². The summed E-state index contributed by atoms with van der Waals surface area (Å²) in [6.45, 7) is 4.52. The molecule has 0 bridgehead atoms. The number of aromatic nitrogens is 1. The van der Waals surface area contributed by atoms with Crippen molar-refractivity contribution in [3.63, 3.8) is 0 Å². The van der Waals surface area contributed by atoms with E-state index in [0.717, 1.165) is 50.0 Å². The minimum atomic E-state index is -1.31. The molecular weight excluding hydrogens is 444 g/mol. The second-order valence-corrected chi connectivity index (χ2v) is 9.16. The Hall–Kier alpha value is -3.35. The Labute approximate surface area is 204 Å². The third-order valence-electron chi connectivity index (χ3n) is 6.98. The van der Waals surface area contributed by atoms with Crippen molar-refractivity contribution >= 4 is 16.6 Å². The third-order valence-corrected chi connectivity index (χ3v) is 6.98. The maximum absolute atomic E-state index is 13.5. The quantitative estimate of drug-likeness (QED) is 0.393. The first-order valence-corrected chi connectivity index (χ1v) is 12.1. The molecule has 180 valence electrons. The van der Waals surface area contributed by atoms with Gasteiger partial charge in [-0.15, -0.1) is 0 Å². The van der Waals surface area contributed by atoms with Crippen molar-refractivity contribution < 1.29 is 13.9 Å². The lowest BCUT2D eigenvalue weighted by atomic mass is 9.82. The molecule has 0 aliphatic carbocycles. The summed E-state index contributed by atoms with van der Waals surface area (Å²) in [5.74, 6) is -0.705. The van der Waals surface area contributed by atoms with E-state index in [1.165, 1.54) is 30.0 Å². The average Bonchev–Trinajstić information content (AvgIpc) is 2.89. The van der Waals surface area contributed by atoms with Gasteiger partial charge in [-0.25, -0.2) is 8.78 Å². The van der Waals surface area contributed by atoms with E-state index in [4.69, 9.17) is 0 Å². The smallest absolute Gasteiger partial charge is 0.123 e. The zero-order valence-electron chi connectivity index (χ0n) is 19.6. The second kappa shape index (κ2) is 10.1. The van der Waals surface area contributed by atoms with Gasteiger partial charge < -0.3 is 10.0 Å². The van der Waals surface area contributed by atoms with Crippen molar-refractivity contribution in [3.05, 3.63) is 108 Å². The molecule has 1 N–H and O–H groups in total. The number of aliphatic hydroxyl groups is 1. The molecule has 1 aromatic heterocycles. The molecule has 1 fully saturated rings. The summed E-state index contributed by atoms with van der Waals surface area (Å²) in [5.41, 5.74) is 2.12. The molecule has 0 saturated carbocycles. The van der Waals surface area contributed by atoms with Crippen molar-refractivity contribution in [2.75, 3.05) is 37.6 Å². The maximum atomic E-state index is 13.5. The molecule has 1 aliphatic rings. The summed E-state index contributed by atoms with van der Waals surface area (Å²) in [4.78, 5) is 9.39. The predicted octanol–water partition coefficient (Wildman–Crippen LogP) is 5.35. The normalized spacial score (nSPS) is 15.0. The Kier molecular flexibility index (Phi) is 6.75. The molecule has 1 aliphatic heterocycles. The van der Waals surface area contributed by atoms with Crippen LogP contribution in [0, 0.1) is 11.6 Å². The fourth-order valence-electron chi connectivity index (χ4n) is 5.02. The van der Waals surface area contributed by atoms with E-state index in [9.17, 15) is 13.9 Å². The number of rotatable bonds is 7. The minimum Gasteiger partial charge on any atom is -0.380 e. The number of halogens is 2. The van der Waals surface area contributed by atoms with Crippen LogP contribution in [0.2, 0.25) is 0 Å². The fourth-order valence-corrected chi connectivity index (χ4v) is 5.02. The van der Waals surface area contributed by atoms with E-state index in [1.54, 1.807) is 24.3 Å². The van der Waals surface area contributed by atoms with Gasteiger partial charge in [-0.2, -0.15) is 0 Å². The highest BCUT2D eigenvalue weighted by Crippen LogP contribution is 2.35. The fraction of sp³-hybridized carbons (Fsp3) is 0.276. The first kappa shape index (κ1) is 23.4. The van der Waals surface area contributed by atoms with E-state index < -0.39 is 5.60 Å². The van der Waals surface area contributed by atoms with Crippen LogP contribution in [-0.2, 0) is 5.60 Å². The standard InChI is InChI=1S/C29H29F2N3O/c30-25-11-7-23(8-12-25)29(35,24-9-13-26(31)14-10-24)15-3-17-33-18-20-34(21-19-33)27-6-1-4-22-5-2-16-32-28(22)27/h1-2,4-14,16,35H,3,15,17-21H2. The second-order valence-electron chi connectivity index (χ2n) is 9.16. The lowest BCUT2D eigenvalue weighted by Crippen LogP contribution is -2.47. The van der Waals surface area contributed by atoms with Gasteiger partial charge in [0.2, 0.25) is 0 Å². The number of hydrogen-bond donors (Lipinski definition) is 1. The topological polar surface area (TPSA) is 39.6 Å². The van der Waals surface area contributed by atoms with Crippen LogP contribution in [0.25, 0.3) is 10.9 Å². The molecule has 0 amide bonds. The number of hydrogen-bond acceptors (Lipinski definition) is 4. The lowest BCUT2D eigenvalue weighted by Gasteiger charge is -2.37. The third kappa shape index (κ3) is 5.04. The molecule has 0 radical (unpaired) electrons. The molecule has 0 spiro atoms. The van der Waals surface area contributed by atoms with Gasteiger partial charge in [0.05, 0.1) is 11.2 Å².